The molecule has 1 heterocycles. The summed E-state index contributed by atoms with van der Waals surface area (Å²) in [5.41, 5.74) is 2.88. The normalized spacial score (nSPS) is 21.5. The Morgan fingerprint density at radius 2 is 1.96 bits per heavy atom. The van der Waals surface area contributed by atoms with Crippen molar-refractivity contribution in [1.82, 2.24) is 10.2 Å². The van der Waals surface area contributed by atoms with Crippen LogP contribution in [0.3, 0.4) is 0 Å². The third kappa shape index (κ3) is 4.00. The zero-order valence-electron chi connectivity index (χ0n) is 15.1. The van der Waals surface area contributed by atoms with Crippen LogP contribution in [0.25, 0.3) is 0 Å². The van der Waals surface area contributed by atoms with Crippen molar-refractivity contribution in [2.45, 2.75) is 64.3 Å². The Kier molecular flexibility index (Phi) is 6.30. The van der Waals surface area contributed by atoms with Gasteiger partial charge >= 0.3 is 0 Å². The Balaban J connectivity index is 1.75. The monoisotopic (exact) mass is 328 g/mol. The molecule has 1 aromatic carbocycles. The van der Waals surface area contributed by atoms with Crippen LogP contribution in [0.2, 0.25) is 0 Å². The van der Waals surface area contributed by atoms with E-state index < -0.39 is 0 Å². The molecule has 1 aromatic rings. The van der Waals surface area contributed by atoms with Gasteiger partial charge in [0.15, 0.2) is 0 Å². The summed E-state index contributed by atoms with van der Waals surface area (Å²) in [4.78, 5) is 15.1. The fourth-order valence-electron chi connectivity index (χ4n) is 4.48. The molecule has 3 rings (SSSR count). The molecule has 1 aliphatic carbocycles. The summed E-state index contributed by atoms with van der Waals surface area (Å²) >= 11 is 0. The van der Waals surface area contributed by atoms with Crippen molar-refractivity contribution in [3.63, 3.8) is 0 Å². The number of nitrogens with one attached hydrogen (secondary N) is 1. The van der Waals surface area contributed by atoms with Crippen LogP contribution in [0, 0.1) is 5.92 Å². The number of carbonyl (C=O) groups is 1. The fourth-order valence-corrected chi connectivity index (χ4v) is 4.48. The highest BCUT2D eigenvalue weighted by Crippen LogP contribution is 2.42. The Labute approximate surface area is 146 Å². The highest BCUT2D eigenvalue weighted by atomic mass is 16.2. The molecular formula is C21H32N2O. The molecule has 1 amide bonds. The lowest BCUT2D eigenvalue weighted by Gasteiger charge is -2.43. The maximum atomic E-state index is 12.9. The van der Waals surface area contributed by atoms with Gasteiger partial charge in [-0.1, -0.05) is 50.5 Å². The Morgan fingerprint density at radius 3 is 2.75 bits per heavy atom. The van der Waals surface area contributed by atoms with Gasteiger partial charge < -0.3 is 10.2 Å². The molecule has 3 nitrogen and oxygen atoms in total. The number of hydrogen-bond donors (Lipinski definition) is 1. The van der Waals surface area contributed by atoms with E-state index in [2.05, 4.69) is 41.4 Å². The van der Waals surface area contributed by atoms with Crippen LogP contribution in [0.1, 0.15) is 69.0 Å². The second-order valence-corrected chi connectivity index (χ2v) is 7.38. The lowest BCUT2D eigenvalue weighted by Crippen LogP contribution is -2.44. The molecule has 2 aliphatic rings. The number of benzene rings is 1. The van der Waals surface area contributed by atoms with E-state index >= 15 is 0 Å². The maximum Gasteiger partial charge on any atom is 0.224 e. The Hall–Kier alpha value is -1.35. The molecule has 0 spiro atoms. The highest BCUT2D eigenvalue weighted by molar-refractivity contribution is 5.77. The largest absolute Gasteiger partial charge is 0.335 e. The van der Waals surface area contributed by atoms with Crippen LogP contribution in [0.5, 0.6) is 0 Å². The van der Waals surface area contributed by atoms with Gasteiger partial charge in [0.1, 0.15) is 0 Å². The number of hydrogen-bond acceptors (Lipinski definition) is 2. The van der Waals surface area contributed by atoms with Crippen LogP contribution in [0.15, 0.2) is 24.3 Å². The van der Waals surface area contributed by atoms with Gasteiger partial charge in [0, 0.05) is 19.5 Å². The summed E-state index contributed by atoms with van der Waals surface area (Å²) in [5.74, 6) is 0.983. The van der Waals surface area contributed by atoms with E-state index in [0.717, 1.165) is 32.5 Å². The van der Waals surface area contributed by atoms with Crippen molar-refractivity contribution in [3.05, 3.63) is 35.4 Å². The predicted molar refractivity (Wildman–Crippen MR) is 99.0 cm³/mol. The molecule has 1 atom stereocenters. The maximum absolute atomic E-state index is 12.9. The van der Waals surface area contributed by atoms with E-state index in [-0.39, 0.29) is 0 Å². The first-order valence-corrected chi connectivity index (χ1v) is 9.89. The van der Waals surface area contributed by atoms with Crippen molar-refractivity contribution in [2.24, 2.45) is 5.92 Å². The van der Waals surface area contributed by atoms with Gasteiger partial charge in [-0.15, -0.1) is 0 Å². The quantitative estimate of drug-likeness (QED) is 0.798. The molecule has 132 valence electrons. The van der Waals surface area contributed by atoms with Gasteiger partial charge in [-0.25, -0.2) is 0 Å². The summed E-state index contributed by atoms with van der Waals surface area (Å²) in [6.45, 7) is 4.87. The lowest BCUT2D eigenvalue weighted by atomic mass is 9.77. The van der Waals surface area contributed by atoms with Gasteiger partial charge in [0.05, 0.1) is 6.04 Å². The SMILES string of the molecule is CCCNCCC(=O)N1CCc2ccccc2C1C1CCCCC1. The van der Waals surface area contributed by atoms with Gasteiger partial charge in [-0.2, -0.15) is 0 Å². The van der Waals surface area contributed by atoms with E-state index in [1.54, 1.807) is 0 Å². The molecule has 0 radical (unpaired) electrons. The summed E-state index contributed by atoms with van der Waals surface area (Å²) in [6.07, 6.45) is 9.31. The van der Waals surface area contributed by atoms with Crippen molar-refractivity contribution in [3.8, 4) is 0 Å². The number of amides is 1. The molecule has 0 aromatic heterocycles. The summed E-state index contributed by atoms with van der Waals surface area (Å²) in [7, 11) is 0. The van der Waals surface area contributed by atoms with Crippen LogP contribution >= 0.6 is 0 Å². The first-order chi connectivity index (χ1) is 11.8. The smallest absolute Gasteiger partial charge is 0.224 e. The van der Waals surface area contributed by atoms with Crippen molar-refractivity contribution >= 4 is 5.91 Å². The minimum Gasteiger partial charge on any atom is -0.335 e. The molecular weight excluding hydrogens is 296 g/mol. The highest BCUT2D eigenvalue weighted by Gasteiger charge is 2.36. The van der Waals surface area contributed by atoms with E-state index in [1.807, 2.05) is 0 Å². The van der Waals surface area contributed by atoms with Crippen LogP contribution in [0.4, 0.5) is 0 Å². The first-order valence-electron chi connectivity index (χ1n) is 9.89. The number of carbonyl (C=O) groups excluding carboxylic acids is 1. The fraction of sp³-hybridized carbons (Fsp3) is 0.667. The van der Waals surface area contributed by atoms with Crippen LogP contribution in [-0.2, 0) is 11.2 Å². The lowest BCUT2D eigenvalue weighted by molar-refractivity contribution is -0.135. The summed E-state index contributed by atoms with van der Waals surface area (Å²) < 4.78 is 0. The minimum atomic E-state index is 0.314. The molecule has 0 saturated heterocycles. The molecule has 3 heteroatoms. The summed E-state index contributed by atoms with van der Waals surface area (Å²) in [6, 6.07) is 9.13. The van der Waals surface area contributed by atoms with Crippen molar-refractivity contribution < 1.29 is 4.79 Å². The standard InChI is InChI=1S/C21H32N2O/c1-2-14-22-15-12-20(24)23-16-13-17-8-6-7-11-19(17)21(23)18-9-4-3-5-10-18/h6-8,11,18,21-22H,2-5,9-10,12-16H2,1H3. The molecule has 1 fully saturated rings. The molecule has 1 aliphatic heterocycles. The van der Waals surface area contributed by atoms with Gasteiger partial charge in [0.2, 0.25) is 5.91 Å². The topological polar surface area (TPSA) is 32.3 Å². The van der Waals surface area contributed by atoms with Gasteiger partial charge in [0.25, 0.3) is 0 Å². The molecule has 1 N–H and O–H groups in total. The number of fused-ring (bicyclic) bond motifs is 1. The van der Waals surface area contributed by atoms with Gasteiger partial charge in [-0.3, -0.25) is 4.79 Å². The number of nitrogens with zero attached hydrogens (tertiary/aromatic N) is 1. The Bertz CT molecular complexity index is 536. The Morgan fingerprint density at radius 1 is 1.17 bits per heavy atom. The van der Waals surface area contributed by atoms with Crippen LogP contribution in [-0.4, -0.2) is 30.4 Å². The third-order valence-corrected chi connectivity index (χ3v) is 5.69. The second kappa shape index (κ2) is 8.66. The van der Waals surface area contributed by atoms with Crippen LogP contribution < -0.4 is 5.32 Å². The predicted octanol–water partition coefficient (Wildman–Crippen LogP) is 4.08. The van der Waals surface area contributed by atoms with Crippen molar-refractivity contribution in [1.29, 1.82) is 0 Å². The van der Waals surface area contributed by atoms with E-state index in [0.29, 0.717) is 24.3 Å². The zero-order valence-corrected chi connectivity index (χ0v) is 15.1. The van der Waals surface area contributed by atoms with Gasteiger partial charge in [-0.05, 0) is 49.3 Å². The minimum absolute atomic E-state index is 0.314. The van der Waals surface area contributed by atoms with Crippen molar-refractivity contribution in [2.75, 3.05) is 19.6 Å². The molecule has 1 saturated carbocycles. The average Bonchev–Trinajstić information content (AvgIpc) is 2.65. The summed E-state index contributed by atoms with van der Waals surface area (Å²) in [5, 5.41) is 3.37. The average molecular weight is 329 g/mol. The molecule has 1 unspecified atom stereocenters. The zero-order chi connectivity index (χ0) is 16.8. The van der Waals surface area contributed by atoms with E-state index in [1.165, 1.54) is 43.2 Å². The molecule has 24 heavy (non-hydrogen) atoms. The third-order valence-electron chi connectivity index (χ3n) is 5.69. The second-order valence-electron chi connectivity index (χ2n) is 7.38. The van der Waals surface area contributed by atoms with E-state index in [4.69, 9.17) is 0 Å². The molecule has 0 bridgehead atoms. The first kappa shape index (κ1) is 17.5. The number of rotatable bonds is 6. The van der Waals surface area contributed by atoms with E-state index in [9.17, 15) is 4.79 Å².